The molecule has 0 unspecified atom stereocenters. The number of rotatable bonds is 2. The van der Waals surface area contributed by atoms with E-state index in [0.717, 1.165) is 11.1 Å². The van der Waals surface area contributed by atoms with Gasteiger partial charge in [-0.2, -0.15) is 4.99 Å². The molecule has 2 nitrogen and oxygen atoms in total. The molecule has 0 atom stereocenters. The molecule has 0 bridgehead atoms. The Morgan fingerprint density at radius 3 is 2.38 bits per heavy atom. The van der Waals surface area contributed by atoms with Gasteiger partial charge in [-0.3, -0.25) is 0 Å². The third-order valence-electron chi connectivity index (χ3n) is 2.22. The largest absolute Gasteiger partial charge is 0.240 e. The van der Waals surface area contributed by atoms with Crippen molar-refractivity contribution in [1.82, 2.24) is 0 Å². The first-order valence-electron chi connectivity index (χ1n) is 4.74. The van der Waals surface area contributed by atoms with Crippen molar-refractivity contribution in [2.75, 3.05) is 0 Å². The highest BCUT2D eigenvalue weighted by atomic mass is 35.5. The van der Waals surface area contributed by atoms with Crippen LogP contribution in [-0.2, 0) is 4.79 Å². The molecule has 2 rings (SSSR count). The van der Waals surface area contributed by atoms with Gasteiger partial charge < -0.3 is 0 Å². The monoisotopic (exact) mass is 229 g/mol. The first-order chi connectivity index (χ1) is 7.81. The van der Waals surface area contributed by atoms with Crippen molar-refractivity contribution in [3.8, 4) is 11.1 Å². The van der Waals surface area contributed by atoms with E-state index in [0.29, 0.717) is 10.7 Å². The van der Waals surface area contributed by atoms with Gasteiger partial charge in [0.05, 0.1) is 10.7 Å². The highest BCUT2D eigenvalue weighted by molar-refractivity contribution is 6.33. The molecule has 2 aromatic rings. The summed E-state index contributed by atoms with van der Waals surface area (Å²) >= 11 is 5.99. The van der Waals surface area contributed by atoms with E-state index in [-0.39, 0.29) is 0 Å². The Morgan fingerprint density at radius 1 is 1.00 bits per heavy atom. The van der Waals surface area contributed by atoms with Crippen molar-refractivity contribution in [3.05, 3.63) is 53.6 Å². The molecule has 0 N–H and O–H groups in total. The maximum absolute atomic E-state index is 10.1. The van der Waals surface area contributed by atoms with Crippen molar-refractivity contribution in [2.45, 2.75) is 0 Å². The molecule has 2 aromatic carbocycles. The Balaban J connectivity index is 2.46. The highest BCUT2D eigenvalue weighted by Gasteiger charge is 2.02. The minimum absolute atomic E-state index is 0.441. The standard InChI is InChI=1S/C13H8ClNO/c14-12-8-11(6-7-13(12)15-9-16)10-4-2-1-3-5-10/h1-8H. The molecule has 0 radical (unpaired) electrons. The van der Waals surface area contributed by atoms with Crippen molar-refractivity contribution in [2.24, 2.45) is 4.99 Å². The Hall–Kier alpha value is -1.89. The normalized spacial score (nSPS) is 9.56. The minimum atomic E-state index is 0.441. The van der Waals surface area contributed by atoms with E-state index < -0.39 is 0 Å². The van der Waals surface area contributed by atoms with Gasteiger partial charge in [-0.25, -0.2) is 4.79 Å². The molecule has 0 saturated carbocycles. The average Bonchev–Trinajstić information content (AvgIpc) is 2.33. The van der Waals surface area contributed by atoms with Gasteiger partial charge in [0, 0.05) is 0 Å². The molecule has 0 aliphatic carbocycles. The second-order valence-electron chi connectivity index (χ2n) is 3.24. The van der Waals surface area contributed by atoms with E-state index in [1.165, 1.54) is 6.08 Å². The summed E-state index contributed by atoms with van der Waals surface area (Å²) in [6, 6.07) is 15.2. The van der Waals surface area contributed by atoms with Crippen LogP contribution in [0, 0.1) is 0 Å². The van der Waals surface area contributed by atoms with Gasteiger partial charge in [0.2, 0.25) is 6.08 Å². The molecule has 0 aliphatic heterocycles. The van der Waals surface area contributed by atoms with Gasteiger partial charge in [0.25, 0.3) is 0 Å². The fraction of sp³-hybridized carbons (Fsp3) is 0. The summed E-state index contributed by atoms with van der Waals surface area (Å²) in [6.07, 6.45) is 1.47. The second kappa shape index (κ2) is 4.75. The molecule has 0 amide bonds. The highest BCUT2D eigenvalue weighted by Crippen LogP contribution is 2.30. The topological polar surface area (TPSA) is 29.4 Å². The fourth-order valence-corrected chi connectivity index (χ4v) is 1.68. The lowest BCUT2D eigenvalue weighted by molar-refractivity contribution is 0.565. The van der Waals surface area contributed by atoms with Gasteiger partial charge in [0.15, 0.2) is 0 Å². The zero-order valence-corrected chi connectivity index (χ0v) is 9.11. The quantitative estimate of drug-likeness (QED) is 0.566. The Bertz CT molecular complexity index is 545. The van der Waals surface area contributed by atoms with E-state index in [2.05, 4.69) is 4.99 Å². The fourth-order valence-electron chi connectivity index (χ4n) is 1.46. The summed E-state index contributed by atoms with van der Waals surface area (Å²) in [7, 11) is 0. The molecule has 16 heavy (non-hydrogen) atoms. The van der Waals surface area contributed by atoms with Gasteiger partial charge in [-0.1, -0.05) is 48.0 Å². The number of nitrogens with zero attached hydrogens (tertiary/aromatic N) is 1. The first kappa shape index (κ1) is 10.6. The third kappa shape index (κ3) is 2.19. The molecular formula is C13H8ClNO. The predicted molar refractivity (Wildman–Crippen MR) is 64.7 cm³/mol. The van der Waals surface area contributed by atoms with Crippen LogP contribution < -0.4 is 0 Å². The van der Waals surface area contributed by atoms with Crippen LogP contribution >= 0.6 is 11.6 Å². The average molecular weight is 230 g/mol. The lowest BCUT2D eigenvalue weighted by Gasteiger charge is -2.03. The Labute approximate surface area is 98.2 Å². The molecule has 0 saturated heterocycles. The summed E-state index contributed by atoms with van der Waals surface area (Å²) in [5, 5.41) is 0.449. The van der Waals surface area contributed by atoms with Crippen molar-refractivity contribution in [1.29, 1.82) is 0 Å². The molecule has 0 fully saturated rings. The molecule has 0 heterocycles. The number of isocyanates is 1. The van der Waals surface area contributed by atoms with Crippen LogP contribution in [0.3, 0.4) is 0 Å². The smallest absolute Gasteiger partial charge is 0.211 e. The Kier molecular flexibility index (Phi) is 3.16. The maximum atomic E-state index is 10.1. The van der Waals surface area contributed by atoms with Crippen LogP contribution in [-0.4, -0.2) is 6.08 Å². The maximum Gasteiger partial charge on any atom is 0.240 e. The number of hydrogen-bond donors (Lipinski definition) is 0. The second-order valence-corrected chi connectivity index (χ2v) is 3.64. The van der Waals surface area contributed by atoms with Crippen LogP contribution in [0.1, 0.15) is 0 Å². The number of benzene rings is 2. The zero-order chi connectivity index (χ0) is 11.4. The lowest BCUT2D eigenvalue weighted by atomic mass is 10.1. The first-order valence-corrected chi connectivity index (χ1v) is 5.12. The molecule has 0 spiro atoms. The molecule has 3 heteroatoms. The van der Waals surface area contributed by atoms with Gasteiger partial charge in [-0.05, 0) is 23.3 Å². The van der Waals surface area contributed by atoms with Gasteiger partial charge in [-0.15, -0.1) is 0 Å². The van der Waals surface area contributed by atoms with Gasteiger partial charge in [0.1, 0.15) is 0 Å². The summed E-state index contributed by atoms with van der Waals surface area (Å²) in [5.41, 5.74) is 2.51. The Morgan fingerprint density at radius 2 is 1.75 bits per heavy atom. The van der Waals surface area contributed by atoms with Crippen LogP contribution in [0.2, 0.25) is 5.02 Å². The molecular weight excluding hydrogens is 222 g/mol. The minimum Gasteiger partial charge on any atom is -0.211 e. The molecule has 78 valence electrons. The number of carbonyl (C=O) groups excluding carboxylic acids is 1. The van der Waals surface area contributed by atoms with Crippen LogP contribution in [0.5, 0.6) is 0 Å². The third-order valence-corrected chi connectivity index (χ3v) is 2.52. The molecule has 0 aliphatic rings. The number of hydrogen-bond acceptors (Lipinski definition) is 2. The lowest BCUT2D eigenvalue weighted by Crippen LogP contribution is -1.77. The predicted octanol–water partition coefficient (Wildman–Crippen LogP) is 3.97. The van der Waals surface area contributed by atoms with Crippen LogP contribution in [0.4, 0.5) is 5.69 Å². The summed E-state index contributed by atoms with van der Waals surface area (Å²) in [6.45, 7) is 0. The van der Waals surface area contributed by atoms with Crippen LogP contribution in [0.25, 0.3) is 11.1 Å². The van der Waals surface area contributed by atoms with Crippen molar-refractivity contribution < 1.29 is 4.79 Å². The van der Waals surface area contributed by atoms with Crippen molar-refractivity contribution >= 4 is 23.4 Å². The van der Waals surface area contributed by atoms with Crippen LogP contribution in [0.15, 0.2) is 53.5 Å². The van der Waals surface area contributed by atoms with E-state index in [9.17, 15) is 4.79 Å². The van der Waals surface area contributed by atoms with E-state index >= 15 is 0 Å². The number of halogens is 1. The molecule has 0 aromatic heterocycles. The number of aliphatic imine (C=N–C) groups is 1. The van der Waals surface area contributed by atoms with E-state index in [1.54, 1.807) is 12.1 Å². The van der Waals surface area contributed by atoms with E-state index in [1.807, 2.05) is 36.4 Å². The van der Waals surface area contributed by atoms with Crippen molar-refractivity contribution in [3.63, 3.8) is 0 Å². The summed E-state index contributed by atoms with van der Waals surface area (Å²) < 4.78 is 0. The van der Waals surface area contributed by atoms with E-state index in [4.69, 9.17) is 11.6 Å². The summed E-state index contributed by atoms with van der Waals surface area (Å²) in [4.78, 5) is 13.6. The zero-order valence-electron chi connectivity index (χ0n) is 8.35. The van der Waals surface area contributed by atoms with Gasteiger partial charge >= 0.3 is 0 Å². The SMILES string of the molecule is O=C=Nc1ccc(-c2ccccc2)cc1Cl. The summed E-state index contributed by atoms with van der Waals surface area (Å²) in [5.74, 6) is 0.